The highest BCUT2D eigenvalue weighted by Gasteiger charge is 2.19. The largest absolute Gasteiger partial charge is 0.479 e. The quantitative estimate of drug-likeness (QED) is 0.872. The SMILES string of the molecule is CCCC(Oc1ccc(CC)cc1Br)C(=O)O. The molecule has 0 aliphatic rings. The smallest absolute Gasteiger partial charge is 0.344 e. The highest BCUT2D eigenvalue weighted by Crippen LogP contribution is 2.27. The van der Waals surface area contributed by atoms with Gasteiger partial charge in [0.25, 0.3) is 0 Å². The zero-order valence-corrected chi connectivity index (χ0v) is 11.7. The molecule has 0 saturated carbocycles. The Kier molecular flexibility index (Phi) is 5.48. The Labute approximate surface area is 110 Å². The predicted molar refractivity (Wildman–Crippen MR) is 70.5 cm³/mol. The third-order valence-corrected chi connectivity index (χ3v) is 3.12. The van der Waals surface area contributed by atoms with E-state index in [9.17, 15) is 4.79 Å². The molecule has 0 aromatic heterocycles. The molecule has 1 aromatic rings. The number of hydrogen-bond acceptors (Lipinski definition) is 2. The van der Waals surface area contributed by atoms with E-state index in [0.717, 1.165) is 17.3 Å². The Morgan fingerprint density at radius 1 is 1.47 bits per heavy atom. The zero-order valence-electron chi connectivity index (χ0n) is 10.1. The van der Waals surface area contributed by atoms with E-state index in [1.807, 2.05) is 25.1 Å². The van der Waals surface area contributed by atoms with Crippen molar-refractivity contribution in [2.45, 2.75) is 39.2 Å². The Hall–Kier alpha value is -1.03. The Morgan fingerprint density at radius 2 is 2.18 bits per heavy atom. The van der Waals surface area contributed by atoms with E-state index >= 15 is 0 Å². The van der Waals surface area contributed by atoms with E-state index < -0.39 is 12.1 Å². The Morgan fingerprint density at radius 3 is 2.65 bits per heavy atom. The van der Waals surface area contributed by atoms with E-state index in [4.69, 9.17) is 9.84 Å². The summed E-state index contributed by atoms with van der Waals surface area (Å²) >= 11 is 3.40. The molecular weight excluding hydrogens is 284 g/mol. The van der Waals surface area contributed by atoms with Crippen LogP contribution in [-0.2, 0) is 11.2 Å². The van der Waals surface area contributed by atoms with Crippen LogP contribution in [0.2, 0.25) is 0 Å². The fraction of sp³-hybridized carbons (Fsp3) is 0.462. The van der Waals surface area contributed by atoms with Gasteiger partial charge in [0.1, 0.15) is 5.75 Å². The van der Waals surface area contributed by atoms with Crippen LogP contribution >= 0.6 is 15.9 Å². The van der Waals surface area contributed by atoms with Crippen molar-refractivity contribution in [3.8, 4) is 5.75 Å². The Balaban J connectivity index is 2.82. The summed E-state index contributed by atoms with van der Waals surface area (Å²) < 4.78 is 6.30. The van der Waals surface area contributed by atoms with Gasteiger partial charge in [-0.25, -0.2) is 4.79 Å². The molecule has 0 bridgehead atoms. The second-order valence-corrected chi connectivity index (χ2v) is 4.71. The van der Waals surface area contributed by atoms with Crippen LogP contribution < -0.4 is 4.74 Å². The lowest BCUT2D eigenvalue weighted by atomic mass is 10.1. The Bertz CT molecular complexity index is 390. The van der Waals surface area contributed by atoms with Crippen molar-refractivity contribution < 1.29 is 14.6 Å². The number of aryl methyl sites for hydroxylation is 1. The minimum atomic E-state index is -0.918. The standard InChI is InChI=1S/C13H17BrO3/c1-3-5-12(13(15)16)17-11-7-6-9(4-2)8-10(11)14/h6-8,12H,3-5H2,1-2H3,(H,15,16). The molecular formula is C13H17BrO3. The average molecular weight is 301 g/mol. The van der Waals surface area contributed by atoms with Gasteiger partial charge in [-0.3, -0.25) is 0 Å². The fourth-order valence-electron chi connectivity index (χ4n) is 1.51. The summed E-state index contributed by atoms with van der Waals surface area (Å²) in [6.07, 6.45) is 1.46. The first-order valence-corrected chi connectivity index (χ1v) is 6.55. The molecule has 0 heterocycles. The average Bonchev–Trinajstić information content (AvgIpc) is 2.30. The number of halogens is 1. The number of carboxylic acids is 1. The molecule has 3 nitrogen and oxygen atoms in total. The molecule has 1 aromatic carbocycles. The lowest BCUT2D eigenvalue weighted by Crippen LogP contribution is -2.26. The summed E-state index contributed by atoms with van der Waals surface area (Å²) in [5, 5.41) is 9.02. The van der Waals surface area contributed by atoms with Crippen LogP contribution in [-0.4, -0.2) is 17.2 Å². The predicted octanol–water partition coefficient (Wildman–Crippen LogP) is 3.64. The molecule has 0 amide bonds. The lowest BCUT2D eigenvalue weighted by molar-refractivity contribution is -0.145. The van der Waals surface area contributed by atoms with Crippen LogP contribution in [0.25, 0.3) is 0 Å². The van der Waals surface area contributed by atoms with Gasteiger partial charge in [-0.2, -0.15) is 0 Å². The second kappa shape index (κ2) is 6.64. The zero-order chi connectivity index (χ0) is 12.8. The van der Waals surface area contributed by atoms with E-state index in [1.165, 1.54) is 5.56 Å². The van der Waals surface area contributed by atoms with E-state index in [0.29, 0.717) is 12.2 Å². The van der Waals surface area contributed by atoms with Gasteiger partial charge in [-0.1, -0.05) is 26.3 Å². The molecule has 4 heteroatoms. The summed E-state index contributed by atoms with van der Waals surface area (Å²) in [7, 11) is 0. The first kappa shape index (κ1) is 14.0. The minimum Gasteiger partial charge on any atom is -0.479 e. The molecule has 94 valence electrons. The van der Waals surface area contributed by atoms with Crippen LogP contribution in [0.5, 0.6) is 5.75 Å². The molecule has 1 unspecified atom stereocenters. The molecule has 1 atom stereocenters. The topological polar surface area (TPSA) is 46.5 Å². The molecule has 0 fully saturated rings. The first-order chi connectivity index (χ1) is 8.08. The highest BCUT2D eigenvalue weighted by atomic mass is 79.9. The highest BCUT2D eigenvalue weighted by molar-refractivity contribution is 9.10. The molecule has 0 aliphatic carbocycles. The minimum absolute atomic E-state index is 0.511. The summed E-state index contributed by atoms with van der Waals surface area (Å²) in [6.45, 7) is 4.01. The van der Waals surface area contributed by atoms with Crippen molar-refractivity contribution in [3.05, 3.63) is 28.2 Å². The van der Waals surface area contributed by atoms with Crippen molar-refractivity contribution in [1.82, 2.24) is 0 Å². The van der Waals surface area contributed by atoms with Gasteiger partial charge in [0.2, 0.25) is 0 Å². The number of ether oxygens (including phenoxy) is 1. The van der Waals surface area contributed by atoms with Gasteiger partial charge in [-0.15, -0.1) is 0 Å². The van der Waals surface area contributed by atoms with E-state index in [1.54, 1.807) is 0 Å². The molecule has 0 aliphatic heterocycles. The number of carboxylic acid groups (broad SMARTS) is 1. The third kappa shape index (κ3) is 4.04. The summed E-state index contributed by atoms with van der Waals surface area (Å²) in [5.74, 6) is -0.332. The third-order valence-electron chi connectivity index (χ3n) is 2.50. The second-order valence-electron chi connectivity index (χ2n) is 3.85. The van der Waals surface area contributed by atoms with Gasteiger partial charge in [0.05, 0.1) is 4.47 Å². The summed E-state index contributed by atoms with van der Waals surface area (Å²) in [5.41, 5.74) is 1.19. The van der Waals surface area contributed by atoms with E-state index in [2.05, 4.69) is 22.9 Å². The summed E-state index contributed by atoms with van der Waals surface area (Å²) in [4.78, 5) is 11.0. The molecule has 0 saturated heterocycles. The molecule has 0 spiro atoms. The van der Waals surface area contributed by atoms with Crippen LogP contribution in [0.3, 0.4) is 0 Å². The number of hydrogen-bond donors (Lipinski definition) is 1. The number of carbonyl (C=O) groups is 1. The van der Waals surface area contributed by atoms with Gasteiger partial charge in [0, 0.05) is 0 Å². The van der Waals surface area contributed by atoms with Crippen molar-refractivity contribution in [2.75, 3.05) is 0 Å². The fourth-order valence-corrected chi connectivity index (χ4v) is 2.03. The van der Waals surface area contributed by atoms with Crippen LogP contribution in [0.4, 0.5) is 0 Å². The van der Waals surface area contributed by atoms with Crippen LogP contribution in [0, 0.1) is 0 Å². The van der Waals surface area contributed by atoms with Crippen molar-refractivity contribution in [1.29, 1.82) is 0 Å². The van der Waals surface area contributed by atoms with Gasteiger partial charge < -0.3 is 9.84 Å². The maximum Gasteiger partial charge on any atom is 0.344 e. The molecule has 1 N–H and O–H groups in total. The lowest BCUT2D eigenvalue weighted by Gasteiger charge is -2.15. The van der Waals surface area contributed by atoms with Gasteiger partial charge in [-0.05, 0) is 46.5 Å². The van der Waals surface area contributed by atoms with Crippen LogP contribution in [0.15, 0.2) is 22.7 Å². The van der Waals surface area contributed by atoms with Crippen molar-refractivity contribution in [2.24, 2.45) is 0 Å². The number of benzene rings is 1. The monoisotopic (exact) mass is 300 g/mol. The summed E-state index contributed by atoms with van der Waals surface area (Å²) in [6, 6.07) is 5.72. The van der Waals surface area contributed by atoms with Crippen molar-refractivity contribution in [3.63, 3.8) is 0 Å². The van der Waals surface area contributed by atoms with E-state index in [-0.39, 0.29) is 0 Å². The molecule has 1 rings (SSSR count). The maximum atomic E-state index is 11.0. The van der Waals surface area contributed by atoms with Crippen molar-refractivity contribution >= 4 is 21.9 Å². The molecule has 0 radical (unpaired) electrons. The first-order valence-electron chi connectivity index (χ1n) is 5.76. The van der Waals surface area contributed by atoms with Crippen LogP contribution in [0.1, 0.15) is 32.3 Å². The number of aliphatic carboxylic acids is 1. The van der Waals surface area contributed by atoms with Gasteiger partial charge in [0.15, 0.2) is 6.10 Å². The number of rotatable bonds is 6. The van der Waals surface area contributed by atoms with Gasteiger partial charge >= 0.3 is 5.97 Å². The molecule has 17 heavy (non-hydrogen) atoms. The normalized spacial score (nSPS) is 12.2. The maximum absolute atomic E-state index is 11.0.